The summed E-state index contributed by atoms with van der Waals surface area (Å²) in [6.45, 7) is 7.47. The lowest BCUT2D eigenvalue weighted by Gasteiger charge is -2.49. The van der Waals surface area contributed by atoms with Gasteiger partial charge in [0.2, 0.25) is 10.0 Å². The number of halogens is 1. The van der Waals surface area contributed by atoms with Crippen molar-refractivity contribution in [3.8, 4) is 5.75 Å². The Hall–Kier alpha value is -2.88. The first kappa shape index (κ1) is 32.1. The van der Waals surface area contributed by atoms with Crippen molar-refractivity contribution in [2.45, 2.75) is 75.6 Å². The SMILES string of the molecule is CCO[C@@]1(C=O)/C=C/C[C@H](C)[C@@H](C)S(=O)(=O)NC(=O)c2ccc3c(c2)N(C[C@@H]2CC[C@H]21)C[C@@]1(CCCc2cc(Cl)ccc21)CO3. The van der Waals surface area contributed by atoms with Crippen LogP contribution in [0.25, 0.3) is 0 Å². The molecule has 1 fully saturated rings. The minimum absolute atomic E-state index is 0.0388. The van der Waals surface area contributed by atoms with Gasteiger partial charge in [-0.3, -0.25) is 9.59 Å². The lowest BCUT2D eigenvalue weighted by Crippen LogP contribution is -2.54. The van der Waals surface area contributed by atoms with Crippen molar-refractivity contribution in [3.63, 3.8) is 0 Å². The predicted molar refractivity (Wildman–Crippen MR) is 176 cm³/mol. The number of hydrogen-bond acceptors (Lipinski definition) is 7. The Balaban J connectivity index is 1.46. The van der Waals surface area contributed by atoms with Gasteiger partial charge < -0.3 is 14.4 Å². The van der Waals surface area contributed by atoms with Gasteiger partial charge in [-0.2, -0.15) is 0 Å². The Labute approximate surface area is 271 Å². The zero-order valence-electron chi connectivity index (χ0n) is 26.3. The Kier molecular flexibility index (Phi) is 8.82. The highest BCUT2D eigenvalue weighted by molar-refractivity contribution is 7.90. The van der Waals surface area contributed by atoms with Crippen LogP contribution in [0.15, 0.2) is 48.6 Å². The average Bonchev–Trinajstić information content (AvgIpc) is 3.15. The van der Waals surface area contributed by atoms with Crippen LogP contribution in [0.5, 0.6) is 5.75 Å². The van der Waals surface area contributed by atoms with E-state index in [1.165, 1.54) is 11.1 Å². The summed E-state index contributed by atoms with van der Waals surface area (Å²) in [6, 6.07) is 11.3. The van der Waals surface area contributed by atoms with Crippen LogP contribution in [0.3, 0.4) is 0 Å². The first-order chi connectivity index (χ1) is 21.5. The topological polar surface area (TPSA) is 102 Å². The summed E-state index contributed by atoms with van der Waals surface area (Å²) in [5.41, 5.74) is 2.07. The number of aryl methyl sites for hydroxylation is 1. The molecule has 2 heterocycles. The van der Waals surface area contributed by atoms with Crippen molar-refractivity contribution in [1.29, 1.82) is 0 Å². The number of ether oxygens (including phenoxy) is 2. The van der Waals surface area contributed by atoms with E-state index in [-0.39, 0.29) is 28.7 Å². The van der Waals surface area contributed by atoms with E-state index in [0.29, 0.717) is 38.5 Å². The van der Waals surface area contributed by atoms with Crippen molar-refractivity contribution in [3.05, 3.63) is 70.3 Å². The van der Waals surface area contributed by atoms with E-state index in [9.17, 15) is 18.0 Å². The number of carbonyl (C=O) groups excluding carboxylic acids is 2. The molecule has 0 radical (unpaired) electrons. The number of allylic oxidation sites excluding steroid dienone is 1. The molecule has 2 aliphatic carbocycles. The van der Waals surface area contributed by atoms with Gasteiger partial charge in [-0.05, 0) is 112 Å². The molecule has 4 aliphatic rings. The number of benzene rings is 2. The van der Waals surface area contributed by atoms with E-state index >= 15 is 0 Å². The maximum atomic E-state index is 13.4. The van der Waals surface area contributed by atoms with Crippen molar-refractivity contribution in [1.82, 2.24) is 4.72 Å². The van der Waals surface area contributed by atoms with Crippen molar-refractivity contribution in [2.24, 2.45) is 17.8 Å². The largest absolute Gasteiger partial charge is 0.490 e. The Morgan fingerprint density at radius 1 is 1.18 bits per heavy atom. The molecule has 242 valence electrons. The molecule has 1 spiro atoms. The highest BCUT2D eigenvalue weighted by Crippen LogP contribution is 2.48. The summed E-state index contributed by atoms with van der Waals surface area (Å²) < 4.78 is 41.7. The fourth-order valence-corrected chi connectivity index (χ4v) is 9.33. The number of anilines is 1. The lowest BCUT2D eigenvalue weighted by atomic mass is 9.64. The molecule has 1 N–H and O–H groups in total. The lowest BCUT2D eigenvalue weighted by molar-refractivity contribution is -0.140. The van der Waals surface area contributed by atoms with Crippen LogP contribution in [0.1, 0.15) is 74.4 Å². The Bertz CT molecular complexity index is 1610. The molecular weight excluding hydrogens is 612 g/mol. The first-order valence-electron chi connectivity index (χ1n) is 16.2. The van der Waals surface area contributed by atoms with Gasteiger partial charge in [0.15, 0.2) is 6.29 Å². The normalized spacial score (nSPS) is 33.4. The van der Waals surface area contributed by atoms with Gasteiger partial charge in [0.05, 0.1) is 17.5 Å². The second kappa shape index (κ2) is 12.4. The van der Waals surface area contributed by atoms with E-state index in [4.69, 9.17) is 21.1 Å². The van der Waals surface area contributed by atoms with Crippen molar-refractivity contribution in [2.75, 3.05) is 31.2 Å². The van der Waals surface area contributed by atoms with Gasteiger partial charge in [-0.1, -0.05) is 30.7 Å². The summed E-state index contributed by atoms with van der Waals surface area (Å²) in [5, 5.41) is -0.122. The molecule has 0 unspecified atom stereocenters. The smallest absolute Gasteiger partial charge is 0.264 e. The molecule has 2 aliphatic heterocycles. The van der Waals surface area contributed by atoms with Gasteiger partial charge in [-0.25, -0.2) is 13.1 Å². The third kappa shape index (κ3) is 5.92. The average molecular weight is 655 g/mol. The molecule has 2 aromatic rings. The summed E-state index contributed by atoms with van der Waals surface area (Å²) in [5.74, 6) is -0.192. The van der Waals surface area contributed by atoms with Gasteiger partial charge in [0.25, 0.3) is 5.91 Å². The van der Waals surface area contributed by atoms with Crippen LogP contribution in [-0.2, 0) is 31.4 Å². The van der Waals surface area contributed by atoms with Crippen LogP contribution in [-0.4, -0.2) is 57.8 Å². The van der Waals surface area contributed by atoms with Crippen LogP contribution in [0.2, 0.25) is 5.02 Å². The molecule has 2 aromatic carbocycles. The minimum Gasteiger partial charge on any atom is -0.490 e. The molecule has 45 heavy (non-hydrogen) atoms. The molecule has 2 bridgehead atoms. The molecule has 0 aromatic heterocycles. The number of carbonyl (C=O) groups is 2. The van der Waals surface area contributed by atoms with E-state index in [1.807, 2.05) is 32.1 Å². The third-order valence-corrected chi connectivity index (χ3v) is 12.9. The van der Waals surface area contributed by atoms with Gasteiger partial charge >= 0.3 is 0 Å². The molecule has 0 saturated heterocycles. The molecular formula is C35H43ClN2O6S. The summed E-state index contributed by atoms with van der Waals surface area (Å²) in [4.78, 5) is 28.6. The number of hydrogen-bond donors (Lipinski definition) is 1. The zero-order valence-corrected chi connectivity index (χ0v) is 27.8. The van der Waals surface area contributed by atoms with Gasteiger partial charge in [0, 0.05) is 41.6 Å². The monoisotopic (exact) mass is 654 g/mol. The molecule has 1 saturated carbocycles. The summed E-state index contributed by atoms with van der Waals surface area (Å²) >= 11 is 6.41. The maximum Gasteiger partial charge on any atom is 0.264 e. The molecule has 6 atom stereocenters. The number of amides is 1. The Morgan fingerprint density at radius 2 is 2.00 bits per heavy atom. The van der Waals surface area contributed by atoms with Crippen LogP contribution in [0.4, 0.5) is 5.69 Å². The molecule has 10 heteroatoms. The second-order valence-corrected chi connectivity index (χ2v) is 15.9. The van der Waals surface area contributed by atoms with Crippen molar-refractivity contribution < 1.29 is 27.5 Å². The van der Waals surface area contributed by atoms with Crippen molar-refractivity contribution >= 4 is 39.5 Å². The number of nitrogens with one attached hydrogen (secondary N) is 1. The maximum absolute atomic E-state index is 13.4. The molecule has 6 rings (SSSR count). The van der Waals surface area contributed by atoms with E-state index in [0.717, 1.165) is 49.1 Å². The molecule has 8 nitrogen and oxygen atoms in total. The van der Waals surface area contributed by atoms with Crippen LogP contribution < -0.4 is 14.4 Å². The zero-order chi connectivity index (χ0) is 32.0. The number of nitrogens with zero attached hydrogens (tertiary/aromatic N) is 1. The fraction of sp³-hybridized carbons (Fsp3) is 0.543. The minimum atomic E-state index is -3.98. The number of sulfonamides is 1. The number of rotatable bonds is 3. The third-order valence-electron chi connectivity index (χ3n) is 10.7. The van der Waals surface area contributed by atoms with Crippen LogP contribution in [0, 0.1) is 17.8 Å². The van der Waals surface area contributed by atoms with E-state index in [1.54, 1.807) is 25.1 Å². The highest BCUT2D eigenvalue weighted by atomic mass is 35.5. The standard InChI is InChI=1S/C35H43ClN2O6S/c1-4-44-35(21-39)16-5-7-23(2)24(3)45(41,42)37-33(40)26-10-14-32-31(18-26)38(19-27-9-12-30(27)35)20-34(22-43-32)15-6-8-25-17-28(36)11-13-29(25)34/h5,10-11,13-14,16-18,21,23-24,27,30H,4,6-9,12,15,19-20,22H2,1-3H3,(H,37,40)/b16-5+/t23-,24+,27-,30+,34-,35+/m0/s1. The second-order valence-electron chi connectivity index (χ2n) is 13.4. The predicted octanol–water partition coefficient (Wildman–Crippen LogP) is 5.86. The number of fused-ring (bicyclic) bond motifs is 4. The van der Waals surface area contributed by atoms with E-state index < -0.39 is 26.8 Å². The van der Waals surface area contributed by atoms with Crippen LogP contribution >= 0.6 is 11.6 Å². The van der Waals surface area contributed by atoms with Gasteiger partial charge in [0.1, 0.15) is 11.4 Å². The van der Waals surface area contributed by atoms with Gasteiger partial charge in [-0.15, -0.1) is 0 Å². The first-order valence-corrected chi connectivity index (χ1v) is 18.1. The molecule has 1 amide bonds. The summed E-state index contributed by atoms with van der Waals surface area (Å²) in [6.07, 6.45) is 9.75. The summed E-state index contributed by atoms with van der Waals surface area (Å²) in [7, 11) is -3.98. The Morgan fingerprint density at radius 3 is 2.73 bits per heavy atom. The fourth-order valence-electron chi connectivity index (χ4n) is 7.85. The van der Waals surface area contributed by atoms with E-state index in [2.05, 4.69) is 21.8 Å². The quantitative estimate of drug-likeness (QED) is 0.327. The highest BCUT2D eigenvalue weighted by Gasteiger charge is 2.49. The number of aldehydes is 1.